The molecule has 0 saturated heterocycles. The fourth-order valence-electron chi connectivity index (χ4n) is 0.764. The Kier molecular flexibility index (Phi) is 4.59. The summed E-state index contributed by atoms with van der Waals surface area (Å²) < 4.78 is 4.54. The molecule has 0 radical (unpaired) electrons. The molecule has 0 saturated carbocycles. The minimum absolute atomic E-state index is 0.147. The molecule has 2 atom stereocenters. The zero-order chi connectivity index (χ0) is 8.85. The predicted molar refractivity (Wildman–Crippen MR) is 45.2 cm³/mol. The van der Waals surface area contributed by atoms with Crippen molar-refractivity contribution >= 4 is 5.97 Å². The van der Waals surface area contributed by atoms with Gasteiger partial charge in [-0.1, -0.05) is 19.9 Å². The zero-order valence-corrected chi connectivity index (χ0v) is 7.46. The molecule has 11 heavy (non-hydrogen) atoms. The smallest absolute Gasteiger partial charge is 0.305 e. The van der Waals surface area contributed by atoms with Crippen LogP contribution in [0.1, 0.15) is 20.3 Å². The summed E-state index contributed by atoms with van der Waals surface area (Å²) in [6, 6.07) is 0. The van der Waals surface area contributed by atoms with E-state index in [1.54, 1.807) is 0 Å². The van der Waals surface area contributed by atoms with Crippen LogP contribution in [0, 0.1) is 11.8 Å². The fraction of sp³-hybridized carbons (Fsp3) is 0.667. The van der Waals surface area contributed by atoms with E-state index < -0.39 is 0 Å². The molecule has 64 valence electrons. The molecule has 2 nitrogen and oxygen atoms in total. The summed E-state index contributed by atoms with van der Waals surface area (Å²) in [5.74, 6) is 0.542. The van der Waals surface area contributed by atoms with Gasteiger partial charge in [-0.05, 0) is 11.8 Å². The van der Waals surface area contributed by atoms with Crippen LogP contribution in [-0.4, -0.2) is 13.1 Å². The maximum Gasteiger partial charge on any atom is 0.305 e. The quantitative estimate of drug-likeness (QED) is 0.459. The number of ether oxygens (including phenoxy) is 1. The second-order valence-electron chi connectivity index (χ2n) is 2.85. The first-order valence-electron chi connectivity index (χ1n) is 3.81. The van der Waals surface area contributed by atoms with Crippen LogP contribution in [-0.2, 0) is 9.53 Å². The minimum atomic E-state index is -0.147. The van der Waals surface area contributed by atoms with Crippen LogP contribution in [0.15, 0.2) is 12.7 Å². The van der Waals surface area contributed by atoms with Crippen molar-refractivity contribution in [3.05, 3.63) is 12.7 Å². The fourth-order valence-corrected chi connectivity index (χ4v) is 0.764. The van der Waals surface area contributed by atoms with Crippen LogP contribution in [0.4, 0.5) is 0 Å². The molecule has 0 heterocycles. The SMILES string of the molecule is C=CC(C)C(C)CC(=O)OC. The number of rotatable bonds is 4. The number of hydrogen-bond donors (Lipinski definition) is 0. The van der Waals surface area contributed by atoms with Crippen LogP contribution in [0.25, 0.3) is 0 Å². The molecule has 0 aliphatic carbocycles. The van der Waals surface area contributed by atoms with Crippen LogP contribution in [0.5, 0.6) is 0 Å². The number of carbonyl (C=O) groups is 1. The highest BCUT2D eigenvalue weighted by atomic mass is 16.5. The molecule has 0 aliphatic rings. The van der Waals surface area contributed by atoms with Crippen molar-refractivity contribution in [1.82, 2.24) is 0 Å². The molecule has 0 bridgehead atoms. The van der Waals surface area contributed by atoms with Crippen molar-refractivity contribution in [2.75, 3.05) is 7.11 Å². The molecule has 0 amide bonds. The monoisotopic (exact) mass is 156 g/mol. The van der Waals surface area contributed by atoms with E-state index in [1.165, 1.54) is 7.11 Å². The van der Waals surface area contributed by atoms with Crippen LogP contribution >= 0.6 is 0 Å². The van der Waals surface area contributed by atoms with E-state index in [9.17, 15) is 4.79 Å². The molecule has 0 aromatic rings. The van der Waals surface area contributed by atoms with E-state index in [4.69, 9.17) is 0 Å². The number of methoxy groups -OCH3 is 1. The van der Waals surface area contributed by atoms with Crippen molar-refractivity contribution < 1.29 is 9.53 Å². The van der Waals surface area contributed by atoms with Gasteiger partial charge in [0.15, 0.2) is 0 Å². The summed E-state index contributed by atoms with van der Waals surface area (Å²) in [5, 5.41) is 0. The third-order valence-corrected chi connectivity index (χ3v) is 1.99. The Morgan fingerprint density at radius 2 is 2.18 bits per heavy atom. The Hall–Kier alpha value is -0.790. The Morgan fingerprint density at radius 1 is 1.64 bits per heavy atom. The van der Waals surface area contributed by atoms with E-state index in [1.807, 2.05) is 19.9 Å². The van der Waals surface area contributed by atoms with Gasteiger partial charge in [-0.2, -0.15) is 0 Å². The third-order valence-electron chi connectivity index (χ3n) is 1.99. The Balaban J connectivity index is 3.76. The predicted octanol–water partition coefficient (Wildman–Crippen LogP) is 2.01. The summed E-state index contributed by atoms with van der Waals surface area (Å²) in [6.07, 6.45) is 2.33. The van der Waals surface area contributed by atoms with Gasteiger partial charge in [0.2, 0.25) is 0 Å². The second-order valence-corrected chi connectivity index (χ2v) is 2.85. The largest absolute Gasteiger partial charge is 0.469 e. The Bertz CT molecular complexity index is 140. The van der Waals surface area contributed by atoms with Gasteiger partial charge in [0.05, 0.1) is 7.11 Å². The number of carbonyl (C=O) groups excluding carboxylic acids is 1. The van der Waals surface area contributed by atoms with E-state index in [0.717, 1.165) is 0 Å². The van der Waals surface area contributed by atoms with Crippen LogP contribution in [0.2, 0.25) is 0 Å². The molecule has 0 N–H and O–H groups in total. The lowest BCUT2D eigenvalue weighted by atomic mass is 9.93. The average Bonchev–Trinajstić information content (AvgIpc) is 2.02. The molecule has 0 aromatic carbocycles. The summed E-state index contributed by atoms with van der Waals surface area (Å²) in [7, 11) is 1.41. The second kappa shape index (κ2) is 4.94. The van der Waals surface area contributed by atoms with E-state index in [2.05, 4.69) is 11.3 Å². The van der Waals surface area contributed by atoms with E-state index in [-0.39, 0.29) is 5.97 Å². The standard InChI is InChI=1S/C9H16O2/c1-5-7(2)8(3)6-9(10)11-4/h5,7-8H,1,6H2,2-4H3. The van der Waals surface area contributed by atoms with Crippen LogP contribution in [0.3, 0.4) is 0 Å². The number of allylic oxidation sites excluding steroid dienone is 1. The Labute approximate surface area is 68.2 Å². The first kappa shape index (κ1) is 10.2. The van der Waals surface area contributed by atoms with Crippen molar-refractivity contribution in [3.8, 4) is 0 Å². The van der Waals surface area contributed by atoms with Gasteiger partial charge in [0.1, 0.15) is 0 Å². The van der Waals surface area contributed by atoms with Gasteiger partial charge in [0, 0.05) is 6.42 Å². The van der Waals surface area contributed by atoms with Gasteiger partial charge < -0.3 is 4.74 Å². The van der Waals surface area contributed by atoms with Gasteiger partial charge in [-0.3, -0.25) is 4.79 Å². The summed E-state index contributed by atoms with van der Waals surface area (Å²) in [5.41, 5.74) is 0. The highest BCUT2D eigenvalue weighted by molar-refractivity contribution is 5.69. The van der Waals surface area contributed by atoms with Crippen molar-refractivity contribution in [1.29, 1.82) is 0 Å². The highest BCUT2D eigenvalue weighted by Crippen LogP contribution is 2.15. The number of esters is 1. The lowest BCUT2D eigenvalue weighted by molar-refractivity contribution is -0.141. The van der Waals surface area contributed by atoms with Gasteiger partial charge in [-0.15, -0.1) is 6.58 Å². The molecule has 2 heteroatoms. The molecule has 0 aliphatic heterocycles. The lowest BCUT2D eigenvalue weighted by Crippen LogP contribution is -2.12. The average molecular weight is 156 g/mol. The van der Waals surface area contributed by atoms with Crippen molar-refractivity contribution in [3.63, 3.8) is 0 Å². The summed E-state index contributed by atoms with van der Waals surface area (Å²) in [4.78, 5) is 10.8. The molecular weight excluding hydrogens is 140 g/mol. The van der Waals surface area contributed by atoms with Gasteiger partial charge >= 0.3 is 5.97 Å². The third kappa shape index (κ3) is 3.81. The summed E-state index contributed by atoms with van der Waals surface area (Å²) >= 11 is 0. The summed E-state index contributed by atoms with van der Waals surface area (Å²) in [6.45, 7) is 7.72. The first-order chi connectivity index (χ1) is 5.11. The highest BCUT2D eigenvalue weighted by Gasteiger charge is 2.13. The normalized spacial score (nSPS) is 15.2. The molecule has 0 fully saturated rings. The minimum Gasteiger partial charge on any atom is -0.469 e. The molecule has 0 rings (SSSR count). The number of hydrogen-bond acceptors (Lipinski definition) is 2. The topological polar surface area (TPSA) is 26.3 Å². The molecule has 0 spiro atoms. The van der Waals surface area contributed by atoms with Gasteiger partial charge in [0.25, 0.3) is 0 Å². The van der Waals surface area contributed by atoms with Crippen molar-refractivity contribution in [2.24, 2.45) is 11.8 Å². The Morgan fingerprint density at radius 3 is 2.55 bits per heavy atom. The van der Waals surface area contributed by atoms with E-state index >= 15 is 0 Å². The zero-order valence-electron chi connectivity index (χ0n) is 7.46. The molecule has 0 aromatic heterocycles. The van der Waals surface area contributed by atoms with Crippen molar-refractivity contribution in [2.45, 2.75) is 20.3 Å². The molecular formula is C9H16O2. The van der Waals surface area contributed by atoms with Gasteiger partial charge in [-0.25, -0.2) is 0 Å². The first-order valence-corrected chi connectivity index (χ1v) is 3.81. The maximum absolute atomic E-state index is 10.8. The maximum atomic E-state index is 10.8. The van der Waals surface area contributed by atoms with Crippen LogP contribution < -0.4 is 0 Å². The molecule has 2 unspecified atom stereocenters. The lowest BCUT2D eigenvalue weighted by Gasteiger charge is -2.13. The van der Waals surface area contributed by atoms with E-state index in [0.29, 0.717) is 18.3 Å².